The van der Waals surface area contributed by atoms with E-state index < -0.39 is 10.5 Å². The fraction of sp³-hybridized carbons (Fsp3) is 0.462. The molecule has 0 aromatic heterocycles. The van der Waals surface area contributed by atoms with Crippen molar-refractivity contribution >= 4 is 17.2 Å². The molecule has 0 amide bonds. The number of nitrogens with zero attached hydrogens (tertiary/aromatic N) is 2. The van der Waals surface area contributed by atoms with Gasteiger partial charge in [0.05, 0.1) is 16.1 Å². The van der Waals surface area contributed by atoms with E-state index in [0.29, 0.717) is 19.5 Å². The summed E-state index contributed by atoms with van der Waals surface area (Å²) in [6, 6.07) is 4.49. The molecule has 2 rings (SSSR count). The quantitative estimate of drug-likeness (QED) is 0.511. The van der Waals surface area contributed by atoms with Gasteiger partial charge in [0.15, 0.2) is 5.78 Å². The normalized spacial score (nSPS) is 22.6. The van der Waals surface area contributed by atoms with Crippen LogP contribution in [-0.2, 0) is 0 Å². The number of Topliss-reactive ketones (excluding diaryl/α,β-unsaturated/α-hetero) is 1. The second kappa shape index (κ2) is 4.62. The third kappa shape index (κ3) is 2.73. The summed E-state index contributed by atoms with van der Waals surface area (Å²) in [5.41, 5.74) is -0.0946. The minimum absolute atomic E-state index is 0.106. The Kier molecular flexibility index (Phi) is 3.28. The van der Waals surface area contributed by atoms with Crippen molar-refractivity contribution in [2.75, 3.05) is 18.0 Å². The van der Waals surface area contributed by atoms with Crippen LogP contribution < -0.4 is 4.90 Å². The predicted molar refractivity (Wildman–Crippen MR) is 70.6 cm³/mol. The van der Waals surface area contributed by atoms with Crippen LogP contribution in [0.2, 0.25) is 0 Å². The standard InChI is InChI=1S/C13H16N2O4/c1-9(16)11-7-10(3-4-12(11)15(18)19)14-6-5-13(2,17)8-14/h3-4,7,17H,5-6,8H2,1-2H3. The molecule has 6 nitrogen and oxygen atoms in total. The summed E-state index contributed by atoms with van der Waals surface area (Å²) in [5, 5.41) is 20.8. The van der Waals surface area contributed by atoms with E-state index in [-0.39, 0.29) is 17.0 Å². The average Bonchev–Trinajstić information content (AvgIpc) is 2.68. The summed E-state index contributed by atoms with van der Waals surface area (Å²) < 4.78 is 0. The van der Waals surface area contributed by atoms with Gasteiger partial charge in [0.2, 0.25) is 0 Å². The van der Waals surface area contributed by atoms with Crippen molar-refractivity contribution in [3.05, 3.63) is 33.9 Å². The molecule has 1 aliphatic heterocycles. The second-order valence-corrected chi connectivity index (χ2v) is 5.18. The molecule has 1 saturated heterocycles. The van der Waals surface area contributed by atoms with Gasteiger partial charge in [-0.15, -0.1) is 0 Å². The predicted octanol–water partition coefficient (Wildman–Crippen LogP) is 1.76. The van der Waals surface area contributed by atoms with Gasteiger partial charge in [-0.2, -0.15) is 0 Å². The second-order valence-electron chi connectivity index (χ2n) is 5.18. The van der Waals surface area contributed by atoms with Gasteiger partial charge in [0, 0.05) is 24.8 Å². The van der Waals surface area contributed by atoms with Crippen molar-refractivity contribution in [3.63, 3.8) is 0 Å². The van der Waals surface area contributed by atoms with Gasteiger partial charge < -0.3 is 10.0 Å². The lowest BCUT2D eigenvalue weighted by Crippen LogP contribution is -2.29. The van der Waals surface area contributed by atoms with Crippen molar-refractivity contribution < 1.29 is 14.8 Å². The highest BCUT2D eigenvalue weighted by Crippen LogP contribution is 2.30. The Morgan fingerprint density at radius 2 is 2.21 bits per heavy atom. The number of carbonyl (C=O) groups excluding carboxylic acids is 1. The lowest BCUT2D eigenvalue weighted by atomic mass is 10.1. The summed E-state index contributed by atoms with van der Waals surface area (Å²) in [5.74, 6) is -0.334. The fourth-order valence-electron chi connectivity index (χ4n) is 2.33. The highest BCUT2D eigenvalue weighted by atomic mass is 16.6. The van der Waals surface area contributed by atoms with Gasteiger partial charge in [-0.25, -0.2) is 0 Å². The summed E-state index contributed by atoms with van der Waals surface area (Å²) in [6.07, 6.45) is 0.638. The summed E-state index contributed by atoms with van der Waals surface area (Å²) in [7, 11) is 0. The number of aliphatic hydroxyl groups is 1. The largest absolute Gasteiger partial charge is 0.388 e. The van der Waals surface area contributed by atoms with Gasteiger partial charge in [-0.1, -0.05) is 0 Å². The number of carbonyl (C=O) groups is 1. The zero-order valence-electron chi connectivity index (χ0n) is 10.9. The molecule has 1 fully saturated rings. The van der Waals surface area contributed by atoms with Gasteiger partial charge in [-0.05, 0) is 32.4 Å². The van der Waals surface area contributed by atoms with Gasteiger partial charge in [-0.3, -0.25) is 14.9 Å². The van der Waals surface area contributed by atoms with E-state index in [1.807, 2.05) is 4.90 Å². The molecule has 1 aliphatic rings. The molecule has 0 radical (unpaired) electrons. The number of benzene rings is 1. The zero-order chi connectivity index (χ0) is 14.2. The molecule has 102 valence electrons. The van der Waals surface area contributed by atoms with Crippen molar-refractivity contribution in [2.45, 2.75) is 25.9 Å². The molecule has 0 bridgehead atoms. The Balaban J connectivity index is 2.37. The number of ketones is 1. The maximum atomic E-state index is 11.5. The van der Waals surface area contributed by atoms with Crippen LogP contribution in [0.15, 0.2) is 18.2 Å². The number of nitro benzene ring substituents is 1. The fourth-order valence-corrected chi connectivity index (χ4v) is 2.33. The van der Waals surface area contributed by atoms with Crippen LogP contribution >= 0.6 is 0 Å². The average molecular weight is 264 g/mol. The zero-order valence-corrected chi connectivity index (χ0v) is 10.9. The molecular weight excluding hydrogens is 248 g/mol. The lowest BCUT2D eigenvalue weighted by molar-refractivity contribution is -0.385. The van der Waals surface area contributed by atoms with Crippen LogP contribution in [0, 0.1) is 10.1 Å². The van der Waals surface area contributed by atoms with E-state index in [9.17, 15) is 20.0 Å². The first kappa shape index (κ1) is 13.5. The third-order valence-electron chi connectivity index (χ3n) is 3.37. The molecule has 1 heterocycles. The van der Waals surface area contributed by atoms with Crippen LogP contribution in [0.5, 0.6) is 0 Å². The molecule has 0 aliphatic carbocycles. The van der Waals surface area contributed by atoms with Gasteiger partial charge in [0.25, 0.3) is 5.69 Å². The molecule has 6 heteroatoms. The van der Waals surface area contributed by atoms with E-state index in [2.05, 4.69) is 0 Å². The third-order valence-corrected chi connectivity index (χ3v) is 3.37. The molecule has 1 unspecified atom stereocenters. The van der Waals surface area contributed by atoms with E-state index >= 15 is 0 Å². The maximum Gasteiger partial charge on any atom is 0.280 e. The Morgan fingerprint density at radius 1 is 1.53 bits per heavy atom. The molecule has 1 aromatic rings. The van der Waals surface area contributed by atoms with Crippen molar-refractivity contribution in [2.24, 2.45) is 0 Å². The molecule has 1 N–H and O–H groups in total. The number of hydrogen-bond acceptors (Lipinski definition) is 5. The van der Waals surface area contributed by atoms with Crippen LogP contribution in [0.4, 0.5) is 11.4 Å². The molecule has 0 saturated carbocycles. The Bertz CT molecular complexity index is 539. The van der Waals surface area contributed by atoms with E-state index in [1.54, 1.807) is 13.0 Å². The summed E-state index contributed by atoms with van der Waals surface area (Å²) in [4.78, 5) is 23.7. The van der Waals surface area contributed by atoms with E-state index in [4.69, 9.17) is 0 Å². The highest BCUT2D eigenvalue weighted by molar-refractivity contribution is 5.99. The Hall–Kier alpha value is -1.95. The van der Waals surface area contributed by atoms with Crippen LogP contribution in [0.3, 0.4) is 0 Å². The molecule has 1 aromatic carbocycles. The molecule has 0 spiro atoms. The smallest absolute Gasteiger partial charge is 0.280 e. The lowest BCUT2D eigenvalue weighted by Gasteiger charge is -2.21. The summed E-state index contributed by atoms with van der Waals surface area (Å²) >= 11 is 0. The molecular formula is C13H16N2O4. The van der Waals surface area contributed by atoms with Crippen molar-refractivity contribution in [3.8, 4) is 0 Å². The monoisotopic (exact) mass is 264 g/mol. The van der Waals surface area contributed by atoms with Crippen LogP contribution in [-0.4, -0.2) is 34.5 Å². The first-order valence-electron chi connectivity index (χ1n) is 6.07. The van der Waals surface area contributed by atoms with Gasteiger partial charge in [0.1, 0.15) is 0 Å². The number of hydrogen-bond donors (Lipinski definition) is 1. The Labute approximate surface area is 110 Å². The Morgan fingerprint density at radius 3 is 2.68 bits per heavy atom. The number of β-amino-alcohol motifs (C(OH)–C–C–N with tert-alkyl or cyclic N) is 1. The molecule has 19 heavy (non-hydrogen) atoms. The first-order valence-corrected chi connectivity index (χ1v) is 6.07. The SMILES string of the molecule is CC(=O)c1cc(N2CCC(C)(O)C2)ccc1[N+](=O)[O-]. The van der Waals surface area contributed by atoms with Crippen molar-refractivity contribution in [1.82, 2.24) is 0 Å². The minimum Gasteiger partial charge on any atom is -0.388 e. The van der Waals surface area contributed by atoms with Crippen molar-refractivity contribution in [1.29, 1.82) is 0 Å². The highest BCUT2D eigenvalue weighted by Gasteiger charge is 2.32. The van der Waals surface area contributed by atoms with Crippen LogP contribution in [0.25, 0.3) is 0 Å². The first-order chi connectivity index (χ1) is 8.80. The van der Waals surface area contributed by atoms with Gasteiger partial charge >= 0.3 is 0 Å². The molecule has 1 atom stereocenters. The number of anilines is 1. The number of nitro groups is 1. The van der Waals surface area contributed by atoms with E-state index in [1.165, 1.54) is 19.1 Å². The topological polar surface area (TPSA) is 83.7 Å². The maximum absolute atomic E-state index is 11.5. The van der Waals surface area contributed by atoms with E-state index in [0.717, 1.165) is 5.69 Å². The number of rotatable bonds is 3. The summed E-state index contributed by atoms with van der Waals surface area (Å²) in [6.45, 7) is 4.20. The minimum atomic E-state index is -0.752. The van der Waals surface area contributed by atoms with Crippen LogP contribution in [0.1, 0.15) is 30.6 Å².